The zero-order valence-electron chi connectivity index (χ0n) is 18.2. The number of carbonyl (C=O) groups is 1. The van der Waals surface area contributed by atoms with Crippen molar-refractivity contribution in [3.63, 3.8) is 0 Å². The molecule has 1 saturated heterocycles. The molecule has 162 valence electrons. The Kier molecular flexibility index (Phi) is 6.16. The summed E-state index contributed by atoms with van der Waals surface area (Å²) in [5.74, 6) is 2.24. The number of hydrogen-bond acceptors (Lipinski definition) is 6. The number of anilines is 1. The molecule has 0 spiro atoms. The number of nitrogens with one attached hydrogen (secondary N) is 1. The number of benzene rings is 1. The zero-order chi connectivity index (χ0) is 21.8. The first-order valence-electron chi connectivity index (χ1n) is 10.6. The number of aryl methyl sites for hydroxylation is 2. The summed E-state index contributed by atoms with van der Waals surface area (Å²) in [5.41, 5.74) is 2.93. The van der Waals surface area contributed by atoms with Gasteiger partial charge in [-0.15, -0.1) is 10.2 Å². The van der Waals surface area contributed by atoms with Crippen molar-refractivity contribution < 1.29 is 9.53 Å². The lowest BCUT2D eigenvalue weighted by molar-refractivity contribution is -0.125. The molecule has 4 rings (SSSR count). The minimum Gasteiger partial charge on any atom is -0.496 e. The molecular weight excluding hydrogens is 392 g/mol. The van der Waals surface area contributed by atoms with Gasteiger partial charge in [-0.25, -0.2) is 4.68 Å². The van der Waals surface area contributed by atoms with Crippen LogP contribution in [0.25, 0.3) is 5.82 Å². The summed E-state index contributed by atoms with van der Waals surface area (Å²) >= 11 is 0. The standard InChI is InChI=1S/C23H28N6O2/c1-16-13-17(2)29(27-16)22-11-10-21(25-26-22)28-12-6-8-19(15-28)23(30)24-14-18-7-4-5-9-20(18)31-3/h4-5,7,9-11,13,19H,6,8,12,14-15H2,1-3H3,(H,24,30). The van der Waals surface area contributed by atoms with Crippen LogP contribution in [0.15, 0.2) is 42.5 Å². The predicted molar refractivity (Wildman–Crippen MR) is 118 cm³/mol. The molecule has 1 atom stereocenters. The van der Waals surface area contributed by atoms with Crippen LogP contribution in [-0.2, 0) is 11.3 Å². The number of aromatic nitrogens is 4. The van der Waals surface area contributed by atoms with Gasteiger partial charge in [0.15, 0.2) is 11.6 Å². The normalized spacial score (nSPS) is 16.2. The van der Waals surface area contributed by atoms with Crippen molar-refractivity contribution in [1.82, 2.24) is 25.3 Å². The maximum absolute atomic E-state index is 12.8. The van der Waals surface area contributed by atoms with Gasteiger partial charge in [0.05, 0.1) is 18.7 Å². The van der Waals surface area contributed by atoms with E-state index in [1.165, 1.54) is 0 Å². The lowest BCUT2D eigenvalue weighted by atomic mass is 9.97. The molecule has 1 N–H and O–H groups in total. The average molecular weight is 421 g/mol. The molecule has 1 aromatic carbocycles. The molecule has 8 heteroatoms. The van der Waals surface area contributed by atoms with Crippen molar-refractivity contribution in [3.05, 3.63) is 59.4 Å². The van der Waals surface area contributed by atoms with E-state index in [4.69, 9.17) is 4.74 Å². The number of hydrogen-bond donors (Lipinski definition) is 1. The van der Waals surface area contributed by atoms with Crippen LogP contribution in [0.1, 0.15) is 29.8 Å². The third-order valence-electron chi connectivity index (χ3n) is 5.62. The summed E-state index contributed by atoms with van der Waals surface area (Å²) in [6.07, 6.45) is 1.80. The van der Waals surface area contributed by atoms with Gasteiger partial charge in [-0.05, 0) is 51.0 Å². The molecule has 0 aliphatic carbocycles. The lowest BCUT2D eigenvalue weighted by Crippen LogP contribution is -2.43. The largest absolute Gasteiger partial charge is 0.496 e. The van der Waals surface area contributed by atoms with Gasteiger partial charge < -0.3 is 15.0 Å². The number of para-hydroxylation sites is 1. The zero-order valence-corrected chi connectivity index (χ0v) is 18.2. The molecule has 8 nitrogen and oxygen atoms in total. The summed E-state index contributed by atoms with van der Waals surface area (Å²) in [4.78, 5) is 14.9. The van der Waals surface area contributed by atoms with Gasteiger partial charge in [0.25, 0.3) is 0 Å². The van der Waals surface area contributed by atoms with E-state index in [0.29, 0.717) is 18.9 Å². The maximum Gasteiger partial charge on any atom is 0.225 e. The highest BCUT2D eigenvalue weighted by Gasteiger charge is 2.27. The molecule has 2 aromatic heterocycles. The fourth-order valence-corrected chi connectivity index (χ4v) is 4.04. The highest BCUT2D eigenvalue weighted by atomic mass is 16.5. The summed E-state index contributed by atoms with van der Waals surface area (Å²) < 4.78 is 7.16. The highest BCUT2D eigenvalue weighted by Crippen LogP contribution is 2.23. The van der Waals surface area contributed by atoms with E-state index in [-0.39, 0.29) is 11.8 Å². The summed E-state index contributed by atoms with van der Waals surface area (Å²) in [5, 5.41) is 16.3. The molecule has 31 heavy (non-hydrogen) atoms. The Morgan fingerprint density at radius 2 is 1.94 bits per heavy atom. The maximum atomic E-state index is 12.8. The van der Waals surface area contributed by atoms with Crippen molar-refractivity contribution in [1.29, 1.82) is 0 Å². The van der Waals surface area contributed by atoms with E-state index in [2.05, 4.69) is 25.5 Å². The Morgan fingerprint density at radius 1 is 1.16 bits per heavy atom. The Bertz CT molecular complexity index is 1050. The quantitative estimate of drug-likeness (QED) is 0.660. The minimum atomic E-state index is -0.0825. The van der Waals surface area contributed by atoms with Gasteiger partial charge in [-0.2, -0.15) is 5.10 Å². The second kappa shape index (κ2) is 9.16. The van der Waals surface area contributed by atoms with Crippen molar-refractivity contribution >= 4 is 11.7 Å². The molecule has 0 radical (unpaired) electrons. The van der Waals surface area contributed by atoms with Crippen LogP contribution in [-0.4, -0.2) is 46.1 Å². The number of ether oxygens (including phenoxy) is 1. The number of carbonyl (C=O) groups excluding carboxylic acids is 1. The molecule has 1 aliphatic rings. The Hall–Kier alpha value is -3.42. The first-order valence-corrected chi connectivity index (χ1v) is 10.6. The number of rotatable bonds is 6. The van der Waals surface area contributed by atoms with Crippen LogP contribution in [0.4, 0.5) is 5.82 Å². The Balaban J connectivity index is 1.39. The number of nitrogens with zero attached hydrogens (tertiary/aromatic N) is 5. The second-order valence-corrected chi connectivity index (χ2v) is 7.90. The van der Waals surface area contributed by atoms with E-state index in [1.807, 2.05) is 56.3 Å². The van der Waals surface area contributed by atoms with Crippen molar-refractivity contribution in [2.45, 2.75) is 33.2 Å². The lowest BCUT2D eigenvalue weighted by Gasteiger charge is -2.32. The molecule has 3 heterocycles. The first kappa shape index (κ1) is 20.8. The smallest absolute Gasteiger partial charge is 0.225 e. The summed E-state index contributed by atoms with van der Waals surface area (Å²) in [6, 6.07) is 13.6. The van der Waals surface area contributed by atoms with Crippen LogP contribution in [0, 0.1) is 19.8 Å². The molecule has 1 aliphatic heterocycles. The minimum absolute atomic E-state index is 0.0582. The van der Waals surface area contributed by atoms with Crippen LogP contribution in [0.5, 0.6) is 5.75 Å². The van der Waals surface area contributed by atoms with Crippen molar-refractivity contribution in [2.24, 2.45) is 5.92 Å². The van der Waals surface area contributed by atoms with Crippen LogP contribution in [0.3, 0.4) is 0 Å². The monoisotopic (exact) mass is 420 g/mol. The molecular formula is C23H28N6O2. The van der Waals surface area contributed by atoms with Gasteiger partial charge in [0.2, 0.25) is 5.91 Å². The van der Waals surface area contributed by atoms with Gasteiger partial charge in [-0.1, -0.05) is 18.2 Å². The highest BCUT2D eigenvalue weighted by molar-refractivity contribution is 5.79. The Morgan fingerprint density at radius 3 is 2.65 bits per heavy atom. The van der Waals surface area contributed by atoms with Crippen molar-refractivity contribution in [3.8, 4) is 11.6 Å². The average Bonchev–Trinajstić information content (AvgIpc) is 3.15. The van der Waals surface area contributed by atoms with Gasteiger partial charge in [-0.3, -0.25) is 4.79 Å². The SMILES string of the molecule is COc1ccccc1CNC(=O)C1CCCN(c2ccc(-n3nc(C)cc3C)nn2)C1. The van der Waals surface area contributed by atoms with E-state index >= 15 is 0 Å². The van der Waals surface area contributed by atoms with Crippen LogP contribution >= 0.6 is 0 Å². The third-order valence-corrected chi connectivity index (χ3v) is 5.62. The number of piperidine rings is 1. The Labute approximate surface area is 182 Å². The number of amides is 1. The van der Waals surface area contributed by atoms with E-state index in [0.717, 1.165) is 47.9 Å². The molecule has 0 bridgehead atoms. The van der Waals surface area contributed by atoms with Crippen molar-refractivity contribution in [2.75, 3.05) is 25.1 Å². The fraction of sp³-hybridized carbons (Fsp3) is 0.391. The molecule has 3 aromatic rings. The summed E-state index contributed by atoms with van der Waals surface area (Å²) in [6.45, 7) is 5.90. The van der Waals surface area contributed by atoms with Gasteiger partial charge >= 0.3 is 0 Å². The van der Waals surface area contributed by atoms with Crippen LogP contribution in [0.2, 0.25) is 0 Å². The first-order chi connectivity index (χ1) is 15.0. The van der Waals surface area contributed by atoms with Gasteiger partial charge in [0, 0.05) is 30.9 Å². The fourth-order valence-electron chi connectivity index (χ4n) is 4.04. The van der Waals surface area contributed by atoms with E-state index < -0.39 is 0 Å². The molecule has 1 fully saturated rings. The van der Waals surface area contributed by atoms with E-state index in [1.54, 1.807) is 11.8 Å². The summed E-state index contributed by atoms with van der Waals surface area (Å²) in [7, 11) is 1.64. The topological polar surface area (TPSA) is 85.2 Å². The third kappa shape index (κ3) is 4.68. The van der Waals surface area contributed by atoms with E-state index in [9.17, 15) is 4.79 Å². The molecule has 0 saturated carbocycles. The predicted octanol–water partition coefficient (Wildman–Crippen LogP) is 2.82. The molecule has 1 amide bonds. The van der Waals surface area contributed by atoms with Crippen LogP contribution < -0.4 is 15.0 Å². The molecule has 1 unspecified atom stereocenters. The second-order valence-electron chi connectivity index (χ2n) is 7.90. The van der Waals surface area contributed by atoms with Gasteiger partial charge in [0.1, 0.15) is 5.75 Å². The number of methoxy groups -OCH3 is 1.